The van der Waals surface area contributed by atoms with Crippen molar-refractivity contribution in [3.63, 3.8) is 0 Å². The molecule has 7 heteroatoms. The van der Waals surface area contributed by atoms with Gasteiger partial charge >= 0.3 is 51.2 Å². The van der Waals surface area contributed by atoms with Gasteiger partial charge in [0, 0.05) is 6.61 Å². The van der Waals surface area contributed by atoms with Gasteiger partial charge < -0.3 is 20.0 Å². The standard InChI is InChI=1S/C6H6Ge.C2H6O.BHO4/c7-6-4-2-1-3-5-6;1-2-3;2-1(3)5-4/h1-5,7H;3H,2H2,1H3;4H/q+2;;-2. The van der Waals surface area contributed by atoms with E-state index in [-0.39, 0.29) is 6.61 Å². The summed E-state index contributed by atoms with van der Waals surface area (Å²) < 4.78 is 1.38. The van der Waals surface area contributed by atoms with Crippen LogP contribution in [-0.4, -0.2) is 40.8 Å². The number of benzene rings is 1. The second-order valence-corrected chi connectivity index (χ2v) is 3.52. The normalized spacial score (nSPS) is 7.73. The van der Waals surface area contributed by atoms with E-state index in [1.54, 1.807) is 23.4 Å². The molecule has 1 rings (SSSR count). The predicted molar refractivity (Wildman–Crippen MR) is 55.5 cm³/mol. The van der Waals surface area contributed by atoms with E-state index < -0.39 is 7.32 Å². The molecule has 0 heterocycles. The summed E-state index contributed by atoms with van der Waals surface area (Å²) in [5.74, 6) is 0. The van der Waals surface area contributed by atoms with Crippen LogP contribution in [0.4, 0.5) is 0 Å². The first-order chi connectivity index (χ1) is 7.08. The first-order valence-electron chi connectivity index (χ1n) is 4.11. The van der Waals surface area contributed by atoms with Gasteiger partial charge in [0.2, 0.25) is 0 Å². The van der Waals surface area contributed by atoms with E-state index in [0.717, 1.165) is 0 Å². The third-order valence-corrected chi connectivity index (χ3v) is 1.69. The van der Waals surface area contributed by atoms with Gasteiger partial charge in [-0.05, 0) is 6.92 Å². The van der Waals surface area contributed by atoms with E-state index in [0.29, 0.717) is 0 Å². The summed E-state index contributed by atoms with van der Waals surface area (Å²) in [6.07, 6.45) is 0. The fourth-order valence-corrected chi connectivity index (χ4v) is 0.919. The zero-order valence-corrected chi connectivity index (χ0v) is 10.8. The van der Waals surface area contributed by atoms with Crippen molar-refractivity contribution in [2.75, 3.05) is 6.61 Å². The van der Waals surface area contributed by atoms with Crippen molar-refractivity contribution < 1.29 is 25.2 Å². The molecule has 0 aliphatic rings. The molecule has 0 unspecified atom stereocenters. The number of hydrogen-bond acceptors (Lipinski definition) is 5. The summed E-state index contributed by atoms with van der Waals surface area (Å²) in [5, 5.41) is 32.3. The predicted octanol–water partition coefficient (Wildman–Crippen LogP) is -2.61. The van der Waals surface area contributed by atoms with Gasteiger partial charge in [0.1, 0.15) is 7.32 Å². The third-order valence-electron chi connectivity index (χ3n) is 0.886. The van der Waals surface area contributed by atoms with Crippen molar-refractivity contribution in [2.24, 2.45) is 0 Å². The molecule has 0 aliphatic carbocycles. The van der Waals surface area contributed by atoms with Crippen molar-refractivity contribution in [1.82, 2.24) is 0 Å². The number of aliphatic hydroxyl groups excluding tert-OH is 1. The van der Waals surface area contributed by atoms with Gasteiger partial charge in [-0.3, -0.25) is 5.26 Å². The summed E-state index contributed by atoms with van der Waals surface area (Å²) in [6, 6.07) is 10.4. The van der Waals surface area contributed by atoms with E-state index in [9.17, 15) is 0 Å². The third kappa shape index (κ3) is 19.9. The Morgan fingerprint density at radius 2 is 1.67 bits per heavy atom. The topological polar surface area (TPSA) is 95.8 Å². The van der Waals surface area contributed by atoms with E-state index in [2.05, 4.69) is 29.1 Å². The Labute approximate surface area is 97.7 Å². The molecule has 0 radical (unpaired) electrons. The van der Waals surface area contributed by atoms with E-state index in [4.69, 9.17) is 20.4 Å². The average molecular weight is 273 g/mol. The minimum Gasteiger partial charge on any atom is -0.868 e. The second-order valence-electron chi connectivity index (χ2n) is 2.12. The molecule has 0 aliphatic heterocycles. The number of hydrogen-bond donors (Lipinski definition) is 2. The molecule has 82 valence electrons. The van der Waals surface area contributed by atoms with Crippen molar-refractivity contribution in [2.45, 2.75) is 6.92 Å². The van der Waals surface area contributed by atoms with Gasteiger partial charge in [-0.2, -0.15) is 0 Å². The van der Waals surface area contributed by atoms with Gasteiger partial charge in [0.05, 0.1) is 0 Å². The molecule has 0 aromatic heterocycles. The molecule has 0 spiro atoms. The summed E-state index contributed by atoms with van der Waals surface area (Å²) in [4.78, 5) is 2.64. The molecular formula is C8H13BGeO5. The molecule has 0 saturated carbocycles. The molecule has 0 amide bonds. The molecule has 2 N–H and O–H groups in total. The van der Waals surface area contributed by atoms with Crippen molar-refractivity contribution >= 4 is 28.2 Å². The largest absolute Gasteiger partial charge is 0.868 e. The Bertz CT molecular complexity index is 209. The van der Waals surface area contributed by atoms with Crippen LogP contribution in [0.2, 0.25) is 0 Å². The second kappa shape index (κ2) is 13.6. The van der Waals surface area contributed by atoms with Crippen LogP contribution in [0.15, 0.2) is 30.3 Å². The van der Waals surface area contributed by atoms with Gasteiger partial charge in [-0.1, -0.05) is 0 Å². The van der Waals surface area contributed by atoms with Crippen molar-refractivity contribution in [3.8, 4) is 0 Å². The monoisotopic (exact) mass is 274 g/mol. The fraction of sp³-hybridized carbons (Fsp3) is 0.250. The van der Waals surface area contributed by atoms with Gasteiger partial charge in [0.15, 0.2) is 0 Å². The van der Waals surface area contributed by atoms with Gasteiger partial charge in [0.25, 0.3) is 0 Å². The maximum Gasteiger partial charge on any atom is 0.111 e. The van der Waals surface area contributed by atoms with Crippen LogP contribution >= 0.6 is 0 Å². The maximum atomic E-state index is 8.87. The van der Waals surface area contributed by atoms with Crippen LogP contribution in [0.25, 0.3) is 0 Å². The Morgan fingerprint density at radius 1 is 1.33 bits per heavy atom. The van der Waals surface area contributed by atoms with Crippen LogP contribution in [0.3, 0.4) is 0 Å². The fourth-order valence-electron chi connectivity index (χ4n) is 0.453. The van der Waals surface area contributed by atoms with Crippen LogP contribution < -0.4 is 14.4 Å². The number of aliphatic hydroxyl groups is 1. The molecule has 0 fully saturated rings. The molecule has 0 saturated heterocycles. The van der Waals surface area contributed by atoms with Crippen molar-refractivity contribution in [1.29, 1.82) is 0 Å². The molecule has 1 aromatic rings. The summed E-state index contributed by atoms with van der Waals surface area (Å²) in [5.41, 5.74) is 0. The van der Waals surface area contributed by atoms with Crippen LogP contribution in [0.5, 0.6) is 0 Å². The summed E-state index contributed by atoms with van der Waals surface area (Å²) >= 11 is 1.67. The average Bonchev–Trinajstić information content (AvgIpc) is 2.21. The number of rotatable bonds is 1. The quantitative estimate of drug-likeness (QED) is 0.332. The smallest absolute Gasteiger partial charge is 0.111 e. The maximum absolute atomic E-state index is 8.87. The van der Waals surface area contributed by atoms with Crippen molar-refractivity contribution in [3.05, 3.63) is 30.3 Å². The van der Waals surface area contributed by atoms with Crippen LogP contribution in [0, 0.1) is 0 Å². The van der Waals surface area contributed by atoms with E-state index in [1.807, 2.05) is 6.07 Å². The van der Waals surface area contributed by atoms with Crippen LogP contribution in [0.1, 0.15) is 6.92 Å². The molecular weight excluding hydrogens is 260 g/mol. The Balaban J connectivity index is 0. The van der Waals surface area contributed by atoms with Crippen LogP contribution in [-0.2, 0) is 4.81 Å². The molecule has 1 aromatic carbocycles. The van der Waals surface area contributed by atoms with Gasteiger partial charge in [-0.15, -0.1) is 0 Å². The molecule has 5 nitrogen and oxygen atoms in total. The van der Waals surface area contributed by atoms with Gasteiger partial charge in [-0.25, -0.2) is 0 Å². The minimum absolute atomic E-state index is 0.250. The Morgan fingerprint density at radius 3 is 1.80 bits per heavy atom. The first kappa shape index (κ1) is 17.0. The van der Waals surface area contributed by atoms with E-state index >= 15 is 0 Å². The first-order valence-corrected chi connectivity index (χ1v) is 5.32. The minimum atomic E-state index is -2.56. The molecule has 0 bridgehead atoms. The Kier molecular flexibility index (Phi) is 15.5. The van der Waals surface area contributed by atoms with E-state index in [1.165, 1.54) is 4.40 Å². The SMILES string of the molecule is CCO.[GeH+2][c]1ccccc1.[O-]B([O-])OO. The summed E-state index contributed by atoms with van der Waals surface area (Å²) in [7, 11) is -2.56. The molecule has 0 atom stereocenters. The zero-order valence-electron chi connectivity index (χ0n) is 8.37. The zero-order chi connectivity index (χ0) is 12.1. The Hall–Kier alpha value is -0.372. The summed E-state index contributed by atoms with van der Waals surface area (Å²) in [6.45, 7) is 1.93. The molecule has 15 heavy (non-hydrogen) atoms.